The Balaban J connectivity index is 1.97. The predicted molar refractivity (Wildman–Crippen MR) is 78.1 cm³/mol. The molecule has 4 nitrogen and oxygen atoms in total. The van der Waals surface area contributed by atoms with Gasteiger partial charge < -0.3 is 5.32 Å². The van der Waals surface area contributed by atoms with Crippen molar-refractivity contribution >= 4 is 17.5 Å². The topological polar surface area (TPSA) is 56.1 Å². The van der Waals surface area contributed by atoms with Gasteiger partial charge in [-0.3, -0.25) is 9.69 Å². The van der Waals surface area contributed by atoms with Crippen molar-refractivity contribution in [3.05, 3.63) is 34.6 Å². The summed E-state index contributed by atoms with van der Waals surface area (Å²) in [5.74, 6) is -0.498. The number of hydrogen-bond acceptors (Lipinski definition) is 3. The van der Waals surface area contributed by atoms with E-state index in [0.717, 1.165) is 12.8 Å². The zero-order chi connectivity index (χ0) is 15.2. The lowest BCUT2D eigenvalue weighted by Gasteiger charge is -2.22. The van der Waals surface area contributed by atoms with Crippen molar-refractivity contribution in [2.45, 2.75) is 31.8 Å². The molecule has 1 aliphatic carbocycles. The molecule has 0 heterocycles. The number of nitriles is 1. The molecular weight excluding hydrogens is 293 g/mol. The van der Waals surface area contributed by atoms with E-state index in [2.05, 4.69) is 5.32 Å². The first-order valence-corrected chi connectivity index (χ1v) is 7.30. The van der Waals surface area contributed by atoms with Crippen molar-refractivity contribution in [2.24, 2.45) is 0 Å². The average Bonchev–Trinajstić information content (AvgIpc) is 3.26. The Morgan fingerprint density at radius 1 is 1.52 bits per heavy atom. The van der Waals surface area contributed by atoms with E-state index in [9.17, 15) is 9.18 Å². The van der Waals surface area contributed by atoms with Crippen molar-refractivity contribution in [1.29, 1.82) is 5.26 Å². The van der Waals surface area contributed by atoms with Gasteiger partial charge in [0.15, 0.2) is 0 Å². The number of carbonyl (C=O) groups excluding carboxylic acids is 1. The van der Waals surface area contributed by atoms with E-state index in [4.69, 9.17) is 16.9 Å². The number of amides is 1. The van der Waals surface area contributed by atoms with Gasteiger partial charge in [0, 0.05) is 29.7 Å². The SMILES string of the molecule is N#CCCNC(=O)CN(Cc1c(F)cccc1Cl)C1CC1. The lowest BCUT2D eigenvalue weighted by Crippen LogP contribution is -2.38. The molecule has 0 radical (unpaired) electrons. The highest BCUT2D eigenvalue weighted by atomic mass is 35.5. The molecule has 6 heteroatoms. The Kier molecular flexibility index (Phi) is 5.54. The molecule has 1 fully saturated rings. The van der Waals surface area contributed by atoms with Gasteiger partial charge in [-0.25, -0.2) is 4.39 Å². The molecule has 21 heavy (non-hydrogen) atoms. The lowest BCUT2D eigenvalue weighted by molar-refractivity contribution is -0.122. The van der Waals surface area contributed by atoms with Gasteiger partial charge in [0.05, 0.1) is 19.0 Å². The van der Waals surface area contributed by atoms with Crippen LogP contribution in [0.2, 0.25) is 5.02 Å². The fourth-order valence-electron chi connectivity index (χ4n) is 2.14. The van der Waals surface area contributed by atoms with Crippen LogP contribution >= 0.6 is 11.6 Å². The maximum atomic E-state index is 13.8. The second kappa shape index (κ2) is 7.39. The third-order valence-corrected chi connectivity index (χ3v) is 3.75. The average molecular weight is 310 g/mol. The van der Waals surface area contributed by atoms with E-state index in [1.165, 1.54) is 6.07 Å². The molecule has 0 unspecified atom stereocenters. The molecule has 1 N–H and O–H groups in total. The summed E-state index contributed by atoms with van der Waals surface area (Å²) in [5, 5.41) is 11.5. The summed E-state index contributed by atoms with van der Waals surface area (Å²) in [6, 6.07) is 6.87. The number of rotatable bonds is 7. The van der Waals surface area contributed by atoms with E-state index in [0.29, 0.717) is 29.7 Å². The second-order valence-electron chi connectivity index (χ2n) is 5.09. The minimum Gasteiger partial charge on any atom is -0.354 e. The highest BCUT2D eigenvalue weighted by molar-refractivity contribution is 6.31. The van der Waals surface area contributed by atoms with Gasteiger partial charge in [0.25, 0.3) is 0 Å². The van der Waals surface area contributed by atoms with E-state index in [-0.39, 0.29) is 24.7 Å². The largest absolute Gasteiger partial charge is 0.354 e. The van der Waals surface area contributed by atoms with Crippen LogP contribution in [-0.4, -0.2) is 29.9 Å². The molecule has 0 saturated heterocycles. The van der Waals surface area contributed by atoms with Gasteiger partial charge >= 0.3 is 0 Å². The summed E-state index contributed by atoms with van der Waals surface area (Å²) in [7, 11) is 0. The smallest absolute Gasteiger partial charge is 0.234 e. The van der Waals surface area contributed by atoms with Crippen molar-refractivity contribution in [2.75, 3.05) is 13.1 Å². The van der Waals surface area contributed by atoms with E-state index in [1.54, 1.807) is 12.1 Å². The van der Waals surface area contributed by atoms with Gasteiger partial charge in [0.1, 0.15) is 5.82 Å². The van der Waals surface area contributed by atoms with Gasteiger partial charge in [-0.15, -0.1) is 0 Å². The fourth-order valence-corrected chi connectivity index (χ4v) is 2.36. The molecule has 0 bridgehead atoms. The Bertz CT molecular complexity index is 534. The minimum absolute atomic E-state index is 0.149. The standard InChI is InChI=1S/C15H17ClFN3O/c16-13-3-1-4-14(17)12(13)9-20(11-5-6-11)10-15(21)19-8-2-7-18/h1,3-4,11H,2,5-6,8-10H2,(H,19,21). The number of hydrogen-bond donors (Lipinski definition) is 1. The van der Waals surface area contributed by atoms with Gasteiger partial charge in [-0.1, -0.05) is 17.7 Å². The molecule has 0 aliphatic heterocycles. The van der Waals surface area contributed by atoms with Crippen LogP contribution in [0.3, 0.4) is 0 Å². The summed E-state index contributed by atoms with van der Waals surface area (Å²) in [5.41, 5.74) is 0.427. The zero-order valence-corrected chi connectivity index (χ0v) is 12.4. The highest BCUT2D eigenvalue weighted by Gasteiger charge is 2.31. The second-order valence-corrected chi connectivity index (χ2v) is 5.50. The minimum atomic E-state index is -0.349. The third-order valence-electron chi connectivity index (χ3n) is 3.39. The summed E-state index contributed by atoms with van der Waals surface area (Å²) < 4.78 is 13.8. The van der Waals surface area contributed by atoms with Crippen molar-refractivity contribution < 1.29 is 9.18 Å². The summed E-state index contributed by atoms with van der Waals surface area (Å²) in [4.78, 5) is 13.8. The molecule has 1 amide bonds. The van der Waals surface area contributed by atoms with Crippen LogP contribution in [-0.2, 0) is 11.3 Å². The van der Waals surface area contributed by atoms with Crippen molar-refractivity contribution in [3.63, 3.8) is 0 Å². The van der Waals surface area contributed by atoms with Gasteiger partial charge in [-0.2, -0.15) is 5.26 Å². The molecule has 1 saturated carbocycles. The maximum absolute atomic E-state index is 13.8. The highest BCUT2D eigenvalue weighted by Crippen LogP contribution is 2.30. The molecule has 0 spiro atoms. The summed E-state index contributed by atoms with van der Waals surface area (Å²) >= 11 is 6.03. The molecule has 0 aromatic heterocycles. The summed E-state index contributed by atoms with van der Waals surface area (Å²) in [6.45, 7) is 0.858. The Hall–Kier alpha value is -1.64. The van der Waals surface area contributed by atoms with Crippen molar-refractivity contribution in [1.82, 2.24) is 10.2 Å². The molecule has 1 aliphatic rings. The summed E-state index contributed by atoms with van der Waals surface area (Å²) in [6.07, 6.45) is 2.31. The Labute approximate surface area is 128 Å². The monoisotopic (exact) mass is 309 g/mol. The Morgan fingerprint density at radius 3 is 2.90 bits per heavy atom. The van der Waals surface area contributed by atoms with Crippen LogP contribution < -0.4 is 5.32 Å². The van der Waals surface area contributed by atoms with E-state index < -0.39 is 0 Å². The number of nitrogens with zero attached hydrogens (tertiary/aromatic N) is 2. The fraction of sp³-hybridized carbons (Fsp3) is 0.467. The van der Waals surface area contributed by atoms with Gasteiger partial charge in [-0.05, 0) is 25.0 Å². The number of carbonyl (C=O) groups is 1. The zero-order valence-electron chi connectivity index (χ0n) is 11.6. The Morgan fingerprint density at radius 2 is 2.29 bits per heavy atom. The van der Waals surface area contributed by atoms with Crippen LogP contribution in [0.4, 0.5) is 4.39 Å². The van der Waals surface area contributed by atoms with Crippen LogP contribution in [0, 0.1) is 17.1 Å². The molecule has 0 atom stereocenters. The van der Waals surface area contributed by atoms with Crippen molar-refractivity contribution in [3.8, 4) is 6.07 Å². The molecule has 1 aromatic rings. The van der Waals surface area contributed by atoms with Gasteiger partial charge in [0.2, 0.25) is 5.91 Å². The number of nitrogens with one attached hydrogen (secondary N) is 1. The van der Waals surface area contributed by atoms with E-state index in [1.807, 2.05) is 11.0 Å². The normalized spacial score (nSPS) is 14.0. The van der Waals surface area contributed by atoms with Crippen LogP contribution in [0.5, 0.6) is 0 Å². The number of benzene rings is 1. The number of halogens is 2. The van der Waals surface area contributed by atoms with Crippen LogP contribution in [0.15, 0.2) is 18.2 Å². The third kappa shape index (κ3) is 4.69. The maximum Gasteiger partial charge on any atom is 0.234 e. The quantitative estimate of drug-likeness (QED) is 0.787. The molecule has 2 rings (SSSR count). The first kappa shape index (κ1) is 15.7. The van der Waals surface area contributed by atoms with Crippen LogP contribution in [0.1, 0.15) is 24.8 Å². The van der Waals surface area contributed by atoms with Crippen LogP contribution in [0.25, 0.3) is 0 Å². The predicted octanol–water partition coefficient (Wildman–Crippen LogP) is 2.47. The van der Waals surface area contributed by atoms with E-state index >= 15 is 0 Å². The molecule has 112 valence electrons. The first-order chi connectivity index (χ1) is 10.1. The molecule has 1 aromatic carbocycles. The lowest BCUT2D eigenvalue weighted by atomic mass is 10.2. The first-order valence-electron chi connectivity index (χ1n) is 6.92. The molecular formula is C15H17ClFN3O.